The molecule has 2 unspecified atom stereocenters. The van der Waals surface area contributed by atoms with Crippen molar-refractivity contribution in [1.29, 1.82) is 0 Å². The normalized spacial score (nSPS) is 14.9. The molecule has 0 amide bonds. The zero-order valence-corrected chi connectivity index (χ0v) is 9.46. The summed E-state index contributed by atoms with van der Waals surface area (Å²) in [4.78, 5) is 0. The Labute approximate surface area is 93.8 Å². The molecular weight excluding hydrogens is 206 g/mol. The quantitative estimate of drug-likeness (QED) is 0.776. The van der Waals surface area contributed by atoms with Crippen LogP contribution in [0.5, 0.6) is 0 Å². The highest BCUT2D eigenvalue weighted by molar-refractivity contribution is 5.02. The van der Waals surface area contributed by atoms with E-state index in [0.717, 1.165) is 18.5 Å². The molecule has 86 valence electrons. The zero-order chi connectivity index (χ0) is 11.4. The second kappa shape index (κ2) is 4.92. The molecule has 2 aromatic rings. The third kappa shape index (κ3) is 2.48. The van der Waals surface area contributed by atoms with E-state index in [1.807, 2.05) is 6.07 Å². The summed E-state index contributed by atoms with van der Waals surface area (Å²) in [5.41, 5.74) is 0.998. The highest BCUT2D eigenvalue weighted by atomic mass is 16.5. The van der Waals surface area contributed by atoms with Gasteiger partial charge in [0.1, 0.15) is 6.26 Å². The molecule has 0 aromatic carbocycles. The molecule has 0 N–H and O–H groups in total. The lowest BCUT2D eigenvalue weighted by Gasteiger charge is -2.10. The molecule has 5 heteroatoms. The Bertz CT molecular complexity index is 357. The predicted molar refractivity (Wildman–Crippen MR) is 56.9 cm³/mol. The highest BCUT2D eigenvalue weighted by Gasteiger charge is 2.14. The van der Waals surface area contributed by atoms with Gasteiger partial charge in [-0.3, -0.25) is 0 Å². The van der Waals surface area contributed by atoms with E-state index in [9.17, 15) is 0 Å². The summed E-state index contributed by atoms with van der Waals surface area (Å²) in [5.74, 6) is 1.38. The minimum Gasteiger partial charge on any atom is -0.428 e. The number of hydrogen-bond donors (Lipinski definition) is 0. The molecular formula is C11H15N3O2. The van der Waals surface area contributed by atoms with Crippen LogP contribution in [0, 0.1) is 0 Å². The molecule has 0 spiro atoms. The molecule has 0 aliphatic carbocycles. The third-order valence-electron chi connectivity index (χ3n) is 2.79. The summed E-state index contributed by atoms with van der Waals surface area (Å²) in [6.45, 7) is 4.22. The smallest absolute Gasteiger partial charge is 0.219 e. The van der Waals surface area contributed by atoms with Crippen LogP contribution in [0.2, 0.25) is 0 Å². The predicted octanol–water partition coefficient (Wildman–Crippen LogP) is 2.75. The molecule has 5 nitrogen and oxygen atoms in total. The largest absolute Gasteiger partial charge is 0.428 e. The Kier molecular flexibility index (Phi) is 3.34. The SMILES string of the molecule is CC(CCC(C)c1nnco1)c1ccon1. The first-order valence-electron chi connectivity index (χ1n) is 5.43. The van der Waals surface area contributed by atoms with E-state index in [2.05, 4.69) is 29.2 Å². The van der Waals surface area contributed by atoms with Crippen LogP contribution in [0.25, 0.3) is 0 Å². The second-order valence-electron chi connectivity index (χ2n) is 4.08. The van der Waals surface area contributed by atoms with Crippen LogP contribution < -0.4 is 0 Å². The van der Waals surface area contributed by atoms with Crippen molar-refractivity contribution in [3.63, 3.8) is 0 Å². The van der Waals surface area contributed by atoms with Crippen molar-refractivity contribution in [3.05, 3.63) is 30.3 Å². The zero-order valence-electron chi connectivity index (χ0n) is 9.46. The lowest BCUT2D eigenvalue weighted by atomic mass is 9.96. The summed E-state index contributed by atoms with van der Waals surface area (Å²) in [6, 6.07) is 1.90. The van der Waals surface area contributed by atoms with E-state index in [-0.39, 0.29) is 5.92 Å². The van der Waals surface area contributed by atoms with Gasteiger partial charge in [0.2, 0.25) is 12.3 Å². The molecule has 2 heterocycles. The molecule has 0 saturated carbocycles. The number of aromatic nitrogens is 3. The summed E-state index contributed by atoms with van der Waals surface area (Å²) >= 11 is 0. The first kappa shape index (κ1) is 10.9. The maximum Gasteiger partial charge on any atom is 0.219 e. The monoisotopic (exact) mass is 221 g/mol. The van der Waals surface area contributed by atoms with E-state index >= 15 is 0 Å². The highest BCUT2D eigenvalue weighted by Crippen LogP contribution is 2.25. The van der Waals surface area contributed by atoms with Gasteiger partial charge < -0.3 is 8.94 Å². The fourth-order valence-corrected chi connectivity index (χ4v) is 1.64. The molecule has 2 rings (SSSR count). The van der Waals surface area contributed by atoms with Gasteiger partial charge in [-0.05, 0) is 12.8 Å². The Balaban J connectivity index is 1.84. The Hall–Kier alpha value is -1.65. The van der Waals surface area contributed by atoms with E-state index < -0.39 is 0 Å². The average Bonchev–Trinajstić information content (AvgIpc) is 2.95. The van der Waals surface area contributed by atoms with E-state index in [1.54, 1.807) is 6.26 Å². The standard InChI is InChI=1S/C11H15N3O2/c1-8(10-5-6-16-14-10)3-4-9(2)11-13-12-7-15-11/h5-9H,3-4H2,1-2H3. The van der Waals surface area contributed by atoms with Crippen LogP contribution in [0.1, 0.15) is 50.1 Å². The van der Waals surface area contributed by atoms with Gasteiger partial charge in [-0.1, -0.05) is 19.0 Å². The lowest BCUT2D eigenvalue weighted by molar-refractivity contribution is 0.397. The van der Waals surface area contributed by atoms with Crippen molar-refractivity contribution < 1.29 is 8.94 Å². The molecule has 0 aliphatic rings. The molecule has 16 heavy (non-hydrogen) atoms. The summed E-state index contributed by atoms with van der Waals surface area (Å²) in [7, 11) is 0. The lowest BCUT2D eigenvalue weighted by Crippen LogP contribution is -1.99. The molecule has 0 bridgehead atoms. The van der Waals surface area contributed by atoms with Gasteiger partial charge in [-0.15, -0.1) is 10.2 Å². The molecule has 0 aliphatic heterocycles. The van der Waals surface area contributed by atoms with E-state index in [4.69, 9.17) is 8.94 Å². The van der Waals surface area contributed by atoms with Crippen LogP contribution in [0.4, 0.5) is 0 Å². The van der Waals surface area contributed by atoms with Crippen molar-refractivity contribution >= 4 is 0 Å². The van der Waals surface area contributed by atoms with Crippen LogP contribution in [0.3, 0.4) is 0 Å². The fraction of sp³-hybridized carbons (Fsp3) is 0.545. The average molecular weight is 221 g/mol. The van der Waals surface area contributed by atoms with Gasteiger partial charge >= 0.3 is 0 Å². The Morgan fingerprint density at radius 1 is 1.25 bits per heavy atom. The minimum absolute atomic E-state index is 0.289. The first-order chi connectivity index (χ1) is 7.77. The summed E-state index contributed by atoms with van der Waals surface area (Å²) < 4.78 is 9.99. The van der Waals surface area contributed by atoms with Gasteiger partial charge in [0.05, 0.1) is 5.69 Å². The molecule has 0 saturated heterocycles. The van der Waals surface area contributed by atoms with E-state index in [0.29, 0.717) is 11.8 Å². The van der Waals surface area contributed by atoms with Crippen molar-refractivity contribution in [1.82, 2.24) is 15.4 Å². The van der Waals surface area contributed by atoms with Gasteiger partial charge in [0, 0.05) is 17.9 Å². The topological polar surface area (TPSA) is 65.0 Å². The van der Waals surface area contributed by atoms with Crippen LogP contribution in [-0.4, -0.2) is 15.4 Å². The maximum atomic E-state index is 5.16. The van der Waals surface area contributed by atoms with Crippen molar-refractivity contribution in [2.75, 3.05) is 0 Å². The molecule has 2 atom stereocenters. The van der Waals surface area contributed by atoms with Crippen LogP contribution in [-0.2, 0) is 0 Å². The van der Waals surface area contributed by atoms with Gasteiger partial charge in [0.25, 0.3) is 0 Å². The molecule has 0 radical (unpaired) electrons. The van der Waals surface area contributed by atoms with Gasteiger partial charge in [0.15, 0.2) is 0 Å². The van der Waals surface area contributed by atoms with Gasteiger partial charge in [-0.2, -0.15) is 0 Å². The fourth-order valence-electron chi connectivity index (χ4n) is 1.64. The molecule has 2 aromatic heterocycles. The van der Waals surface area contributed by atoms with Gasteiger partial charge in [-0.25, -0.2) is 0 Å². The summed E-state index contributed by atoms with van der Waals surface area (Å²) in [6.07, 6.45) is 4.99. The van der Waals surface area contributed by atoms with Crippen molar-refractivity contribution in [2.45, 2.75) is 38.5 Å². The summed E-state index contributed by atoms with van der Waals surface area (Å²) in [5, 5.41) is 11.5. The number of hydrogen-bond acceptors (Lipinski definition) is 5. The Morgan fingerprint density at radius 2 is 2.06 bits per heavy atom. The van der Waals surface area contributed by atoms with E-state index in [1.165, 1.54) is 6.39 Å². The molecule has 0 fully saturated rings. The van der Waals surface area contributed by atoms with Crippen molar-refractivity contribution in [3.8, 4) is 0 Å². The maximum absolute atomic E-state index is 5.16. The third-order valence-corrected chi connectivity index (χ3v) is 2.79. The second-order valence-corrected chi connectivity index (χ2v) is 4.08. The number of rotatable bonds is 5. The van der Waals surface area contributed by atoms with Crippen LogP contribution in [0.15, 0.2) is 27.7 Å². The Morgan fingerprint density at radius 3 is 2.69 bits per heavy atom. The first-order valence-corrected chi connectivity index (χ1v) is 5.43. The minimum atomic E-state index is 0.289. The van der Waals surface area contributed by atoms with Crippen LogP contribution >= 0.6 is 0 Å². The number of nitrogens with zero attached hydrogens (tertiary/aromatic N) is 3. The van der Waals surface area contributed by atoms with Crippen molar-refractivity contribution in [2.24, 2.45) is 0 Å².